The van der Waals surface area contributed by atoms with Crippen molar-refractivity contribution in [2.75, 3.05) is 7.11 Å². The maximum absolute atomic E-state index is 13.9. The number of benzene rings is 1. The zero-order valence-corrected chi connectivity index (χ0v) is 9.93. The summed E-state index contributed by atoms with van der Waals surface area (Å²) in [5.74, 6) is -1.03. The van der Waals surface area contributed by atoms with Gasteiger partial charge in [0, 0.05) is 23.2 Å². The fraction of sp³-hybridized carbons (Fsp3) is 0.538. The molecular formula is C13H17F2NO. The maximum atomic E-state index is 13.9. The molecule has 0 unspecified atom stereocenters. The van der Waals surface area contributed by atoms with Gasteiger partial charge in [0.2, 0.25) is 0 Å². The number of halogens is 2. The third kappa shape index (κ3) is 2.27. The summed E-state index contributed by atoms with van der Waals surface area (Å²) in [5, 5.41) is 0. The highest BCUT2D eigenvalue weighted by Gasteiger charge is 2.34. The maximum Gasteiger partial charge on any atom is 0.134 e. The summed E-state index contributed by atoms with van der Waals surface area (Å²) in [6, 6.07) is 2.39. The summed E-state index contributed by atoms with van der Waals surface area (Å²) in [5.41, 5.74) is 5.30. The van der Waals surface area contributed by atoms with Crippen molar-refractivity contribution in [2.24, 2.45) is 5.73 Å². The highest BCUT2D eigenvalue weighted by molar-refractivity contribution is 5.35. The molecule has 2 rings (SSSR count). The Morgan fingerprint density at radius 3 is 2.12 bits per heavy atom. The van der Waals surface area contributed by atoms with E-state index in [2.05, 4.69) is 0 Å². The van der Waals surface area contributed by atoms with Gasteiger partial charge in [-0.05, 0) is 12.8 Å². The predicted octanol–water partition coefficient (Wildman–Crippen LogP) is 3.09. The number of ether oxygens (including phenoxy) is 1. The van der Waals surface area contributed by atoms with E-state index in [-0.39, 0.29) is 11.3 Å². The van der Waals surface area contributed by atoms with E-state index in [0.717, 1.165) is 19.3 Å². The van der Waals surface area contributed by atoms with E-state index in [4.69, 9.17) is 10.5 Å². The second-order valence-corrected chi connectivity index (χ2v) is 4.68. The molecule has 17 heavy (non-hydrogen) atoms. The molecule has 2 N–H and O–H groups in total. The van der Waals surface area contributed by atoms with Gasteiger partial charge < -0.3 is 10.5 Å². The van der Waals surface area contributed by atoms with Gasteiger partial charge in [-0.2, -0.15) is 0 Å². The Hall–Kier alpha value is -1.16. The average molecular weight is 241 g/mol. The third-order valence-electron chi connectivity index (χ3n) is 3.49. The molecule has 0 aromatic heterocycles. The van der Waals surface area contributed by atoms with Crippen molar-refractivity contribution in [3.8, 4) is 5.75 Å². The van der Waals surface area contributed by atoms with Crippen LogP contribution < -0.4 is 10.5 Å². The lowest BCUT2D eigenvalue weighted by atomic mass is 9.77. The molecule has 4 heteroatoms. The van der Waals surface area contributed by atoms with E-state index >= 15 is 0 Å². The number of hydrogen-bond acceptors (Lipinski definition) is 2. The summed E-state index contributed by atoms with van der Waals surface area (Å²) in [6.07, 6.45) is 4.18. The highest BCUT2D eigenvalue weighted by atomic mass is 19.1. The first-order valence-corrected chi connectivity index (χ1v) is 5.89. The van der Waals surface area contributed by atoms with Gasteiger partial charge in [0.05, 0.1) is 7.11 Å². The van der Waals surface area contributed by atoms with E-state index in [9.17, 15) is 8.78 Å². The monoisotopic (exact) mass is 241 g/mol. The van der Waals surface area contributed by atoms with E-state index in [0.29, 0.717) is 12.8 Å². The van der Waals surface area contributed by atoms with Gasteiger partial charge in [0.1, 0.15) is 17.4 Å². The minimum atomic E-state index is -0.862. The van der Waals surface area contributed by atoms with Gasteiger partial charge in [-0.15, -0.1) is 0 Å². The summed E-state index contributed by atoms with van der Waals surface area (Å²) in [4.78, 5) is 0. The Balaban J connectivity index is 2.44. The molecule has 1 fully saturated rings. The lowest BCUT2D eigenvalue weighted by molar-refractivity contribution is 0.281. The van der Waals surface area contributed by atoms with Gasteiger partial charge in [-0.1, -0.05) is 19.3 Å². The van der Waals surface area contributed by atoms with Crippen molar-refractivity contribution >= 4 is 0 Å². The Labute approximate surface area is 99.8 Å². The summed E-state index contributed by atoms with van der Waals surface area (Å²) in [7, 11) is 1.38. The van der Waals surface area contributed by atoms with Crippen LogP contribution in [0.15, 0.2) is 12.1 Å². The van der Waals surface area contributed by atoms with Crippen LogP contribution in [0.5, 0.6) is 5.75 Å². The molecule has 0 spiro atoms. The summed E-state index contributed by atoms with van der Waals surface area (Å²) >= 11 is 0. The van der Waals surface area contributed by atoms with Gasteiger partial charge in [0.25, 0.3) is 0 Å². The normalized spacial score (nSPS) is 19.1. The summed E-state index contributed by atoms with van der Waals surface area (Å²) in [6.45, 7) is 0. The second kappa shape index (κ2) is 4.61. The van der Waals surface area contributed by atoms with Crippen LogP contribution in [0.4, 0.5) is 8.78 Å². The van der Waals surface area contributed by atoms with Crippen molar-refractivity contribution in [2.45, 2.75) is 37.6 Å². The fourth-order valence-corrected chi connectivity index (χ4v) is 2.58. The first-order chi connectivity index (χ1) is 8.07. The molecule has 1 aliphatic rings. The first-order valence-electron chi connectivity index (χ1n) is 5.89. The van der Waals surface area contributed by atoms with Gasteiger partial charge in [-0.25, -0.2) is 8.78 Å². The van der Waals surface area contributed by atoms with Crippen molar-refractivity contribution < 1.29 is 13.5 Å². The fourth-order valence-electron chi connectivity index (χ4n) is 2.58. The quantitative estimate of drug-likeness (QED) is 0.863. The Morgan fingerprint density at radius 1 is 1.12 bits per heavy atom. The number of nitrogens with two attached hydrogens (primary N) is 1. The van der Waals surface area contributed by atoms with Crippen LogP contribution in [0.3, 0.4) is 0 Å². The van der Waals surface area contributed by atoms with Crippen LogP contribution in [-0.2, 0) is 5.54 Å². The van der Waals surface area contributed by atoms with Crippen LogP contribution in [0.25, 0.3) is 0 Å². The molecule has 94 valence electrons. The van der Waals surface area contributed by atoms with Gasteiger partial charge in [0.15, 0.2) is 0 Å². The topological polar surface area (TPSA) is 35.2 Å². The third-order valence-corrected chi connectivity index (χ3v) is 3.49. The first kappa shape index (κ1) is 12.3. The molecule has 1 aromatic carbocycles. The molecule has 0 bridgehead atoms. The Bertz CT molecular complexity index is 391. The van der Waals surface area contributed by atoms with Gasteiger partial charge >= 0.3 is 0 Å². The van der Waals surface area contributed by atoms with Crippen LogP contribution >= 0.6 is 0 Å². The summed E-state index contributed by atoms with van der Waals surface area (Å²) < 4.78 is 32.7. The second-order valence-electron chi connectivity index (χ2n) is 4.68. The SMILES string of the molecule is COc1cc(F)c(C2(N)CCCCC2)c(F)c1. The molecule has 0 atom stereocenters. The van der Waals surface area contributed by atoms with E-state index in [1.54, 1.807) is 0 Å². The van der Waals surface area contributed by atoms with Crippen LogP contribution in [0.2, 0.25) is 0 Å². The van der Waals surface area contributed by atoms with Crippen molar-refractivity contribution in [1.29, 1.82) is 0 Å². The Morgan fingerprint density at radius 2 is 1.65 bits per heavy atom. The number of methoxy groups -OCH3 is 1. The molecule has 0 radical (unpaired) electrons. The molecule has 0 aliphatic heterocycles. The predicted molar refractivity (Wildman–Crippen MR) is 61.9 cm³/mol. The van der Waals surface area contributed by atoms with Crippen LogP contribution in [0, 0.1) is 11.6 Å². The standard InChI is InChI=1S/C13H17F2NO/c1-17-9-7-10(14)12(11(15)8-9)13(16)5-3-2-4-6-13/h7-8H,2-6,16H2,1H3. The van der Waals surface area contributed by atoms with Crippen molar-refractivity contribution in [1.82, 2.24) is 0 Å². The molecule has 1 aliphatic carbocycles. The number of hydrogen-bond donors (Lipinski definition) is 1. The minimum absolute atomic E-state index is 0.0120. The van der Waals surface area contributed by atoms with Crippen molar-refractivity contribution in [3.05, 3.63) is 29.3 Å². The molecule has 0 heterocycles. The lowest BCUT2D eigenvalue weighted by Gasteiger charge is -2.34. The van der Waals surface area contributed by atoms with E-state index < -0.39 is 17.2 Å². The van der Waals surface area contributed by atoms with Crippen molar-refractivity contribution in [3.63, 3.8) is 0 Å². The average Bonchev–Trinajstić information content (AvgIpc) is 2.28. The number of rotatable bonds is 2. The molecule has 0 amide bonds. The van der Waals surface area contributed by atoms with Crippen LogP contribution in [0.1, 0.15) is 37.7 Å². The smallest absolute Gasteiger partial charge is 0.134 e. The molecule has 2 nitrogen and oxygen atoms in total. The lowest BCUT2D eigenvalue weighted by Crippen LogP contribution is -2.40. The van der Waals surface area contributed by atoms with E-state index in [1.807, 2.05) is 0 Å². The van der Waals surface area contributed by atoms with Crippen LogP contribution in [-0.4, -0.2) is 7.11 Å². The largest absolute Gasteiger partial charge is 0.497 e. The molecule has 0 saturated heterocycles. The molecular weight excluding hydrogens is 224 g/mol. The highest BCUT2D eigenvalue weighted by Crippen LogP contribution is 2.38. The van der Waals surface area contributed by atoms with Gasteiger partial charge in [-0.3, -0.25) is 0 Å². The Kier molecular flexibility index (Phi) is 3.33. The van der Waals surface area contributed by atoms with E-state index in [1.165, 1.54) is 19.2 Å². The molecule has 1 aromatic rings. The minimum Gasteiger partial charge on any atom is -0.497 e. The molecule has 1 saturated carbocycles. The zero-order valence-electron chi connectivity index (χ0n) is 9.93. The zero-order chi connectivity index (χ0) is 12.5.